The van der Waals surface area contributed by atoms with Crippen LogP contribution in [0.3, 0.4) is 0 Å². The Morgan fingerprint density at radius 3 is 2.26 bits per heavy atom. The predicted octanol–water partition coefficient (Wildman–Crippen LogP) is 4.34. The molecule has 0 aliphatic heterocycles. The summed E-state index contributed by atoms with van der Waals surface area (Å²) in [5.41, 5.74) is 3.35. The van der Waals surface area contributed by atoms with Crippen LogP contribution in [0.5, 0.6) is 5.75 Å². The fourth-order valence-corrected chi connectivity index (χ4v) is 2.62. The average molecular weight is 311 g/mol. The SMILES string of the molecule is CC[C@@H](Oc1cc(C)cc(C)c1)C(=O)N[C@@H](C)c1ccccc1. The minimum atomic E-state index is -0.484. The number of carbonyl (C=O) groups is 1. The van der Waals surface area contributed by atoms with E-state index >= 15 is 0 Å². The van der Waals surface area contributed by atoms with Crippen molar-refractivity contribution in [2.45, 2.75) is 46.3 Å². The number of amides is 1. The molecule has 0 spiro atoms. The third kappa shape index (κ3) is 4.85. The van der Waals surface area contributed by atoms with E-state index in [1.54, 1.807) is 0 Å². The van der Waals surface area contributed by atoms with Crippen LogP contribution in [0.4, 0.5) is 0 Å². The molecule has 2 aromatic rings. The lowest BCUT2D eigenvalue weighted by Gasteiger charge is -2.21. The van der Waals surface area contributed by atoms with Crippen LogP contribution in [0.15, 0.2) is 48.5 Å². The Bertz CT molecular complexity index is 632. The van der Waals surface area contributed by atoms with Gasteiger partial charge in [-0.2, -0.15) is 0 Å². The second-order valence-electron chi connectivity index (χ2n) is 5.98. The number of ether oxygens (including phenoxy) is 1. The zero-order chi connectivity index (χ0) is 16.8. The summed E-state index contributed by atoms with van der Waals surface area (Å²) in [5, 5.41) is 3.03. The molecule has 2 atom stereocenters. The third-order valence-corrected chi connectivity index (χ3v) is 3.80. The van der Waals surface area contributed by atoms with Gasteiger partial charge >= 0.3 is 0 Å². The van der Waals surface area contributed by atoms with Crippen molar-refractivity contribution in [3.8, 4) is 5.75 Å². The molecule has 3 heteroatoms. The molecule has 1 amide bonds. The third-order valence-electron chi connectivity index (χ3n) is 3.80. The quantitative estimate of drug-likeness (QED) is 0.862. The number of carbonyl (C=O) groups excluding carboxylic acids is 1. The minimum absolute atomic E-state index is 0.0411. The smallest absolute Gasteiger partial charge is 0.261 e. The summed E-state index contributed by atoms with van der Waals surface area (Å²) in [7, 11) is 0. The molecule has 0 saturated heterocycles. The number of hydrogen-bond donors (Lipinski definition) is 1. The first-order valence-corrected chi connectivity index (χ1v) is 8.10. The average Bonchev–Trinajstić information content (AvgIpc) is 2.52. The van der Waals surface area contributed by atoms with Crippen molar-refractivity contribution < 1.29 is 9.53 Å². The molecule has 0 aliphatic rings. The van der Waals surface area contributed by atoms with Crippen molar-refractivity contribution in [1.29, 1.82) is 0 Å². The molecule has 0 aromatic heterocycles. The zero-order valence-corrected chi connectivity index (χ0v) is 14.3. The van der Waals surface area contributed by atoms with Crippen LogP contribution >= 0.6 is 0 Å². The van der Waals surface area contributed by atoms with E-state index in [1.807, 2.05) is 70.2 Å². The van der Waals surface area contributed by atoms with E-state index in [0.29, 0.717) is 6.42 Å². The Kier molecular flexibility index (Phi) is 5.80. The van der Waals surface area contributed by atoms with Crippen molar-refractivity contribution in [3.05, 3.63) is 65.2 Å². The summed E-state index contributed by atoms with van der Waals surface area (Å²) < 4.78 is 5.91. The van der Waals surface area contributed by atoms with Gasteiger partial charge in [0.1, 0.15) is 5.75 Å². The van der Waals surface area contributed by atoms with Crippen LogP contribution in [-0.4, -0.2) is 12.0 Å². The molecular weight excluding hydrogens is 286 g/mol. The van der Waals surface area contributed by atoms with Gasteiger partial charge < -0.3 is 10.1 Å². The Labute approximate surface area is 138 Å². The molecule has 0 heterocycles. The summed E-state index contributed by atoms with van der Waals surface area (Å²) in [5.74, 6) is 0.667. The predicted molar refractivity (Wildman–Crippen MR) is 93.6 cm³/mol. The van der Waals surface area contributed by atoms with Crippen LogP contribution in [0.1, 0.15) is 43.0 Å². The maximum atomic E-state index is 12.5. The first-order valence-electron chi connectivity index (χ1n) is 8.10. The van der Waals surface area contributed by atoms with Crippen molar-refractivity contribution in [2.24, 2.45) is 0 Å². The molecule has 1 N–H and O–H groups in total. The van der Waals surface area contributed by atoms with E-state index in [4.69, 9.17) is 4.74 Å². The maximum absolute atomic E-state index is 12.5. The van der Waals surface area contributed by atoms with Gasteiger partial charge in [-0.05, 0) is 56.0 Å². The number of benzene rings is 2. The molecule has 2 rings (SSSR count). The molecule has 0 radical (unpaired) electrons. The molecule has 0 bridgehead atoms. The summed E-state index contributed by atoms with van der Waals surface area (Å²) in [6, 6.07) is 15.9. The van der Waals surface area contributed by atoms with E-state index in [-0.39, 0.29) is 11.9 Å². The first-order chi connectivity index (χ1) is 11.0. The largest absolute Gasteiger partial charge is 0.481 e. The van der Waals surface area contributed by atoms with Crippen LogP contribution in [0.2, 0.25) is 0 Å². The lowest BCUT2D eigenvalue weighted by atomic mass is 10.1. The molecule has 23 heavy (non-hydrogen) atoms. The van der Waals surface area contributed by atoms with Gasteiger partial charge in [-0.25, -0.2) is 0 Å². The number of rotatable bonds is 6. The van der Waals surface area contributed by atoms with Gasteiger partial charge in [-0.15, -0.1) is 0 Å². The molecule has 0 saturated carbocycles. The lowest BCUT2D eigenvalue weighted by Crippen LogP contribution is -2.39. The summed E-state index contributed by atoms with van der Waals surface area (Å²) in [4.78, 5) is 12.5. The van der Waals surface area contributed by atoms with E-state index in [1.165, 1.54) is 0 Å². The van der Waals surface area contributed by atoms with E-state index in [9.17, 15) is 4.79 Å². The second kappa shape index (κ2) is 7.82. The molecule has 122 valence electrons. The minimum Gasteiger partial charge on any atom is -0.481 e. The van der Waals surface area contributed by atoms with Gasteiger partial charge in [0.2, 0.25) is 0 Å². The van der Waals surface area contributed by atoms with Crippen molar-refractivity contribution >= 4 is 5.91 Å². The normalized spacial score (nSPS) is 13.2. The fraction of sp³-hybridized carbons (Fsp3) is 0.350. The fourth-order valence-electron chi connectivity index (χ4n) is 2.62. The second-order valence-corrected chi connectivity index (χ2v) is 5.98. The standard InChI is InChI=1S/C20H25NO2/c1-5-19(23-18-12-14(2)11-15(3)13-18)20(22)21-16(4)17-9-7-6-8-10-17/h6-13,16,19H,5H2,1-4H3,(H,21,22)/t16-,19+/m0/s1. The molecule has 0 unspecified atom stereocenters. The monoisotopic (exact) mass is 311 g/mol. The van der Waals surface area contributed by atoms with Gasteiger partial charge in [0.25, 0.3) is 5.91 Å². The molecule has 0 aliphatic carbocycles. The zero-order valence-electron chi connectivity index (χ0n) is 14.3. The Hall–Kier alpha value is -2.29. The van der Waals surface area contributed by atoms with E-state index < -0.39 is 6.10 Å². The molecular formula is C20H25NO2. The summed E-state index contributed by atoms with van der Waals surface area (Å²) >= 11 is 0. The number of nitrogens with one attached hydrogen (secondary N) is 1. The van der Waals surface area contributed by atoms with Gasteiger partial charge in [0.05, 0.1) is 6.04 Å². The van der Waals surface area contributed by atoms with Crippen LogP contribution in [0, 0.1) is 13.8 Å². The molecule has 3 nitrogen and oxygen atoms in total. The van der Waals surface area contributed by atoms with Crippen LogP contribution in [-0.2, 0) is 4.79 Å². The maximum Gasteiger partial charge on any atom is 0.261 e. The van der Waals surface area contributed by atoms with Crippen molar-refractivity contribution in [3.63, 3.8) is 0 Å². The van der Waals surface area contributed by atoms with Crippen LogP contribution < -0.4 is 10.1 Å². The topological polar surface area (TPSA) is 38.3 Å². The Balaban J connectivity index is 2.03. The number of aryl methyl sites for hydroxylation is 2. The van der Waals surface area contributed by atoms with Gasteiger partial charge in [0.15, 0.2) is 6.10 Å². The van der Waals surface area contributed by atoms with Crippen molar-refractivity contribution in [2.75, 3.05) is 0 Å². The molecule has 2 aromatic carbocycles. The number of hydrogen-bond acceptors (Lipinski definition) is 2. The highest BCUT2D eigenvalue weighted by molar-refractivity contribution is 5.81. The summed E-state index contributed by atoms with van der Waals surface area (Å²) in [6.07, 6.45) is 0.141. The van der Waals surface area contributed by atoms with Crippen molar-refractivity contribution in [1.82, 2.24) is 5.32 Å². The van der Waals surface area contributed by atoms with Gasteiger partial charge in [-0.3, -0.25) is 4.79 Å². The van der Waals surface area contributed by atoms with Crippen LogP contribution in [0.25, 0.3) is 0 Å². The molecule has 0 fully saturated rings. The summed E-state index contributed by atoms with van der Waals surface area (Å²) in [6.45, 7) is 7.99. The Morgan fingerprint density at radius 2 is 1.70 bits per heavy atom. The van der Waals surface area contributed by atoms with E-state index in [2.05, 4.69) is 11.4 Å². The highest BCUT2D eigenvalue weighted by Crippen LogP contribution is 2.19. The highest BCUT2D eigenvalue weighted by Gasteiger charge is 2.20. The van der Waals surface area contributed by atoms with Gasteiger partial charge in [0, 0.05) is 0 Å². The van der Waals surface area contributed by atoms with E-state index in [0.717, 1.165) is 22.4 Å². The highest BCUT2D eigenvalue weighted by atomic mass is 16.5. The van der Waals surface area contributed by atoms with Gasteiger partial charge in [-0.1, -0.05) is 43.3 Å². The first kappa shape index (κ1) is 17.1. The Morgan fingerprint density at radius 1 is 1.09 bits per heavy atom. The lowest BCUT2D eigenvalue weighted by molar-refractivity contribution is -0.128.